The topological polar surface area (TPSA) is 60.9 Å². The molecule has 3 N–H and O–H groups in total. The van der Waals surface area contributed by atoms with Crippen molar-refractivity contribution in [3.05, 3.63) is 36.8 Å². The minimum absolute atomic E-state index is 0.0257. The van der Waals surface area contributed by atoms with Gasteiger partial charge in [0.05, 0.1) is 24.8 Å². The molecule has 0 saturated heterocycles. The molecule has 20 heavy (non-hydrogen) atoms. The van der Waals surface area contributed by atoms with Crippen LogP contribution in [0.2, 0.25) is 0 Å². The molecule has 0 unspecified atom stereocenters. The number of hydrogen-bond acceptors (Lipinski definition) is 3. The van der Waals surface area contributed by atoms with Crippen LogP contribution in [0.1, 0.15) is 26.7 Å². The number of aliphatic hydroxyl groups excluding tert-OH is 1. The van der Waals surface area contributed by atoms with Crippen LogP contribution in [-0.4, -0.2) is 28.2 Å². The van der Waals surface area contributed by atoms with Gasteiger partial charge in [-0.2, -0.15) is 0 Å². The summed E-state index contributed by atoms with van der Waals surface area (Å²) in [7, 11) is 0. The Morgan fingerprint density at radius 1 is 1.20 bits per heavy atom. The minimum atomic E-state index is -0.0257. The fourth-order valence-electron chi connectivity index (χ4n) is 2.25. The minimum Gasteiger partial charge on any atom is -0.396 e. The molecular weight excluding hydrogens is 250 g/mol. The Kier molecular flexibility index (Phi) is 4.79. The molecule has 0 bridgehead atoms. The maximum atomic E-state index is 9.57. The Morgan fingerprint density at radius 2 is 1.90 bits per heavy atom. The second-order valence-electron chi connectivity index (χ2n) is 5.26. The van der Waals surface area contributed by atoms with Crippen molar-refractivity contribution in [1.29, 1.82) is 0 Å². The highest BCUT2D eigenvalue weighted by atomic mass is 16.3. The number of benzene rings is 1. The lowest BCUT2D eigenvalue weighted by molar-refractivity contribution is 0.127. The smallest absolute Gasteiger partial charge is 0.0924 e. The normalized spacial score (nSPS) is 11.6. The standard InChI is InChI=1S/C16H23N3O/c1-3-16(4-2,11-20)10-18-14-7-5-13(6-8-14)15-9-17-12-19-15/h5-9,12,18,20H,3-4,10-11H2,1-2H3,(H,17,19). The van der Waals surface area contributed by atoms with E-state index in [1.165, 1.54) is 0 Å². The van der Waals surface area contributed by atoms with Crippen LogP contribution in [0, 0.1) is 5.41 Å². The summed E-state index contributed by atoms with van der Waals surface area (Å²) in [6, 6.07) is 8.25. The number of aromatic nitrogens is 2. The van der Waals surface area contributed by atoms with Crippen LogP contribution in [0.4, 0.5) is 5.69 Å². The lowest BCUT2D eigenvalue weighted by Crippen LogP contribution is -2.32. The molecule has 0 fully saturated rings. The van der Waals surface area contributed by atoms with Crippen molar-refractivity contribution in [2.45, 2.75) is 26.7 Å². The summed E-state index contributed by atoms with van der Waals surface area (Å²) < 4.78 is 0. The van der Waals surface area contributed by atoms with E-state index in [0.717, 1.165) is 36.3 Å². The largest absolute Gasteiger partial charge is 0.396 e. The number of H-pyrrole nitrogens is 1. The third kappa shape index (κ3) is 3.20. The molecule has 1 heterocycles. The van der Waals surface area contributed by atoms with Gasteiger partial charge in [-0.1, -0.05) is 26.0 Å². The van der Waals surface area contributed by atoms with Crippen LogP contribution in [0.25, 0.3) is 11.3 Å². The van der Waals surface area contributed by atoms with Gasteiger partial charge in [0.2, 0.25) is 0 Å². The van der Waals surface area contributed by atoms with Gasteiger partial charge in [-0.25, -0.2) is 4.98 Å². The van der Waals surface area contributed by atoms with E-state index in [-0.39, 0.29) is 12.0 Å². The number of anilines is 1. The number of nitrogens with one attached hydrogen (secondary N) is 2. The zero-order chi connectivity index (χ0) is 14.4. The lowest BCUT2D eigenvalue weighted by Gasteiger charge is -2.30. The Balaban J connectivity index is 2.01. The molecule has 1 aromatic carbocycles. The van der Waals surface area contributed by atoms with Gasteiger partial charge in [0, 0.05) is 17.6 Å². The summed E-state index contributed by atoms with van der Waals surface area (Å²) in [5.74, 6) is 0. The number of hydrogen-bond donors (Lipinski definition) is 3. The monoisotopic (exact) mass is 273 g/mol. The van der Waals surface area contributed by atoms with Crippen LogP contribution < -0.4 is 5.32 Å². The number of nitrogens with zero attached hydrogens (tertiary/aromatic N) is 1. The molecule has 0 saturated carbocycles. The van der Waals surface area contributed by atoms with Gasteiger partial charge in [0.25, 0.3) is 0 Å². The van der Waals surface area contributed by atoms with Crippen molar-refractivity contribution in [3.63, 3.8) is 0 Å². The van der Waals surface area contributed by atoms with E-state index in [2.05, 4.69) is 53.4 Å². The first kappa shape index (κ1) is 14.6. The van der Waals surface area contributed by atoms with Crippen molar-refractivity contribution >= 4 is 5.69 Å². The molecule has 2 rings (SSSR count). The van der Waals surface area contributed by atoms with Crippen molar-refractivity contribution in [2.24, 2.45) is 5.41 Å². The Bertz CT molecular complexity index is 493. The van der Waals surface area contributed by atoms with Crippen LogP contribution in [0.15, 0.2) is 36.8 Å². The van der Waals surface area contributed by atoms with E-state index < -0.39 is 0 Å². The molecule has 4 nitrogen and oxygen atoms in total. The summed E-state index contributed by atoms with van der Waals surface area (Å²) in [4.78, 5) is 7.12. The van der Waals surface area contributed by atoms with Gasteiger partial charge < -0.3 is 15.4 Å². The third-order valence-corrected chi connectivity index (χ3v) is 4.20. The number of imidazole rings is 1. The Hall–Kier alpha value is -1.81. The van der Waals surface area contributed by atoms with E-state index >= 15 is 0 Å². The van der Waals surface area contributed by atoms with Gasteiger partial charge in [-0.15, -0.1) is 0 Å². The molecule has 0 radical (unpaired) electrons. The first-order valence-corrected chi connectivity index (χ1v) is 7.16. The number of aromatic amines is 1. The quantitative estimate of drug-likeness (QED) is 0.725. The molecule has 0 amide bonds. The Morgan fingerprint density at radius 3 is 2.40 bits per heavy atom. The second kappa shape index (κ2) is 6.57. The maximum absolute atomic E-state index is 9.57. The van der Waals surface area contributed by atoms with Crippen LogP contribution in [0.3, 0.4) is 0 Å². The summed E-state index contributed by atoms with van der Waals surface area (Å²) in [5.41, 5.74) is 3.19. The molecule has 4 heteroatoms. The van der Waals surface area contributed by atoms with Crippen LogP contribution in [0.5, 0.6) is 0 Å². The zero-order valence-corrected chi connectivity index (χ0v) is 12.2. The summed E-state index contributed by atoms with van der Waals surface area (Å²) in [5, 5.41) is 13.0. The Labute approximate surface area is 120 Å². The van der Waals surface area contributed by atoms with Crippen molar-refractivity contribution in [3.8, 4) is 11.3 Å². The fraction of sp³-hybridized carbons (Fsp3) is 0.438. The SMILES string of the molecule is CCC(CC)(CO)CNc1ccc(-c2cnc[nH]2)cc1. The fourth-order valence-corrected chi connectivity index (χ4v) is 2.25. The first-order chi connectivity index (χ1) is 9.73. The lowest BCUT2D eigenvalue weighted by atomic mass is 9.83. The summed E-state index contributed by atoms with van der Waals surface area (Å²) >= 11 is 0. The van der Waals surface area contributed by atoms with Crippen molar-refractivity contribution in [1.82, 2.24) is 9.97 Å². The second-order valence-corrected chi connectivity index (χ2v) is 5.26. The molecule has 0 aliphatic heterocycles. The van der Waals surface area contributed by atoms with Gasteiger partial charge in [0.1, 0.15) is 0 Å². The predicted octanol–water partition coefficient (Wildman–Crippen LogP) is 3.29. The third-order valence-electron chi connectivity index (χ3n) is 4.20. The highest BCUT2D eigenvalue weighted by Crippen LogP contribution is 2.26. The van der Waals surface area contributed by atoms with Gasteiger partial charge in [-0.05, 0) is 30.5 Å². The molecule has 108 valence electrons. The van der Waals surface area contributed by atoms with E-state index in [1.807, 2.05) is 6.20 Å². The van der Waals surface area contributed by atoms with Crippen molar-refractivity contribution < 1.29 is 5.11 Å². The van der Waals surface area contributed by atoms with Crippen molar-refractivity contribution in [2.75, 3.05) is 18.5 Å². The first-order valence-electron chi connectivity index (χ1n) is 7.16. The molecule has 2 aromatic rings. The summed E-state index contributed by atoms with van der Waals surface area (Å²) in [6.07, 6.45) is 5.44. The zero-order valence-electron chi connectivity index (χ0n) is 12.2. The van der Waals surface area contributed by atoms with Crippen LogP contribution >= 0.6 is 0 Å². The summed E-state index contributed by atoms with van der Waals surface area (Å²) in [6.45, 7) is 5.27. The van der Waals surface area contributed by atoms with Gasteiger partial charge >= 0.3 is 0 Å². The highest BCUT2D eigenvalue weighted by molar-refractivity contribution is 5.61. The molecule has 0 aliphatic carbocycles. The molecule has 0 aliphatic rings. The molecule has 0 atom stereocenters. The predicted molar refractivity (Wildman–Crippen MR) is 82.6 cm³/mol. The van der Waals surface area contributed by atoms with E-state index in [4.69, 9.17) is 0 Å². The van der Waals surface area contributed by atoms with Gasteiger partial charge in [-0.3, -0.25) is 0 Å². The highest BCUT2D eigenvalue weighted by Gasteiger charge is 2.24. The van der Waals surface area contributed by atoms with Crippen LogP contribution in [-0.2, 0) is 0 Å². The molecule has 1 aromatic heterocycles. The maximum Gasteiger partial charge on any atom is 0.0924 e. The molecular formula is C16H23N3O. The average Bonchev–Trinajstić information content (AvgIpc) is 3.04. The van der Waals surface area contributed by atoms with E-state index in [1.54, 1.807) is 6.33 Å². The van der Waals surface area contributed by atoms with Gasteiger partial charge in [0.15, 0.2) is 0 Å². The molecule has 0 spiro atoms. The number of aliphatic hydroxyl groups is 1. The van der Waals surface area contributed by atoms with E-state index in [9.17, 15) is 5.11 Å². The average molecular weight is 273 g/mol. The number of rotatable bonds is 7. The van der Waals surface area contributed by atoms with E-state index in [0.29, 0.717) is 0 Å².